The Labute approximate surface area is 507 Å². The van der Waals surface area contributed by atoms with Crippen molar-refractivity contribution in [1.29, 1.82) is 0 Å². The largest absolute Gasteiger partial charge is 0.481 e. The summed E-state index contributed by atoms with van der Waals surface area (Å²) in [6.45, 7) is 14.6. The maximum absolute atomic E-state index is 13.9. The second-order valence-electron chi connectivity index (χ2n) is 24.4. The van der Waals surface area contributed by atoms with E-state index in [4.69, 9.17) is 24.7 Å². The van der Waals surface area contributed by atoms with Gasteiger partial charge in [-0.05, 0) is 76.0 Å². The fourth-order valence-corrected chi connectivity index (χ4v) is 10.8. The summed E-state index contributed by atoms with van der Waals surface area (Å²) in [6, 6.07) is 0. The molecule has 0 aliphatic carbocycles. The number of aliphatic carboxylic acids is 2. The van der Waals surface area contributed by atoms with E-state index in [0.717, 1.165) is 38.6 Å². The normalized spacial score (nSPS) is 36.9. The number of unbranched alkanes of at least 4 members (excludes halogenated alkanes) is 2. The summed E-state index contributed by atoms with van der Waals surface area (Å²) < 4.78 is 22.8. The summed E-state index contributed by atoms with van der Waals surface area (Å²) >= 11 is 0. The van der Waals surface area contributed by atoms with Gasteiger partial charge in [-0.2, -0.15) is 0 Å². The molecule has 0 aromatic rings. The second kappa shape index (κ2) is 39.2. The third-order valence-corrected chi connectivity index (χ3v) is 16.7. The minimum Gasteiger partial charge on any atom is -0.481 e. The zero-order chi connectivity index (χ0) is 65.0. The van der Waals surface area contributed by atoms with Crippen LogP contribution in [0.2, 0.25) is 0 Å². The molecular formula is C62H105N3O21. The molecule has 86 heavy (non-hydrogen) atoms. The van der Waals surface area contributed by atoms with E-state index in [1.165, 1.54) is 32.1 Å². The zero-order valence-electron chi connectivity index (χ0n) is 51.8. The number of nitrogens with two attached hydrogens (primary N) is 1. The quantitative estimate of drug-likeness (QED) is 0.0189. The first-order valence-corrected chi connectivity index (χ1v) is 30.5. The first-order valence-electron chi connectivity index (χ1n) is 30.5. The number of guanidine groups is 1. The van der Waals surface area contributed by atoms with Crippen LogP contribution in [-0.2, 0) is 42.9 Å². The summed E-state index contributed by atoms with van der Waals surface area (Å²) in [5.41, 5.74) is 5.69. The monoisotopic (exact) mass is 1230 g/mol. The van der Waals surface area contributed by atoms with Crippen LogP contribution in [0.3, 0.4) is 0 Å². The number of fused-ring (bicyclic) bond motifs is 2. The molecule has 24 heteroatoms. The van der Waals surface area contributed by atoms with Crippen LogP contribution in [0, 0.1) is 47.3 Å². The van der Waals surface area contributed by atoms with Gasteiger partial charge in [-0.25, -0.2) is 0 Å². The van der Waals surface area contributed by atoms with Crippen LogP contribution in [0.4, 0.5) is 0 Å². The summed E-state index contributed by atoms with van der Waals surface area (Å²) in [5.74, 6) is -13.0. The lowest BCUT2D eigenvalue weighted by molar-refractivity contribution is -0.334. The summed E-state index contributed by atoms with van der Waals surface area (Å²) in [4.78, 5) is 65.9. The average Bonchev–Trinajstić information content (AvgIpc) is 1.01. The first-order chi connectivity index (χ1) is 40.3. The molecule has 24 nitrogen and oxygen atoms in total. The van der Waals surface area contributed by atoms with Crippen molar-refractivity contribution >= 4 is 35.8 Å². The van der Waals surface area contributed by atoms with Gasteiger partial charge in [0.2, 0.25) is 0 Å². The number of rotatable bonds is 17. The smallest absolute Gasteiger partial charge is 0.317 e. The van der Waals surface area contributed by atoms with Crippen LogP contribution in [-0.4, -0.2) is 196 Å². The number of allylic oxidation sites excluding steroid dienone is 4. The van der Waals surface area contributed by atoms with Crippen LogP contribution < -0.4 is 11.1 Å². The molecule has 0 amide bonds. The number of hydrogen-bond donors (Lipinski definition) is 14. The summed E-state index contributed by atoms with van der Waals surface area (Å²) in [6.07, 6.45) is -3.57. The highest BCUT2D eigenvalue weighted by Gasteiger charge is 2.52. The minimum absolute atomic E-state index is 0.00763. The highest BCUT2D eigenvalue weighted by molar-refractivity contribution is 5.90. The number of esters is 3. The molecule has 0 saturated carbocycles. The topological polar surface area (TPSA) is 415 Å². The predicted octanol–water partition coefficient (Wildman–Crippen LogP) is 3.33. The third-order valence-electron chi connectivity index (χ3n) is 16.7. The lowest BCUT2D eigenvalue weighted by Gasteiger charge is -2.46. The fraction of sp³-hybridized carbons (Fsp3) is 0.774. The number of nitrogens with one attached hydrogen (secondary N) is 1. The Kier molecular flexibility index (Phi) is 35.2. The Morgan fingerprint density at radius 1 is 0.721 bits per heavy atom. The van der Waals surface area contributed by atoms with Gasteiger partial charge in [0, 0.05) is 69.4 Å². The van der Waals surface area contributed by atoms with Gasteiger partial charge in [-0.15, -0.1) is 0 Å². The van der Waals surface area contributed by atoms with Crippen LogP contribution in [0.25, 0.3) is 0 Å². The van der Waals surface area contributed by atoms with Crippen molar-refractivity contribution < 1.29 is 104 Å². The van der Waals surface area contributed by atoms with Crippen LogP contribution in [0.15, 0.2) is 53.6 Å². The molecule has 2 bridgehead atoms. The van der Waals surface area contributed by atoms with Gasteiger partial charge in [0.05, 0.1) is 60.9 Å². The Morgan fingerprint density at radius 3 is 1.95 bits per heavy atom. The molecule has 2 aliphatic heterocycles. The van der Waals surface area contributed by atoms with E-state index in [1.54, 1.807) is 46.0 Å². The van der Waals surface area contributed by atoms with Crippen molar-refractivity contribution in [3.8, 4) is 0 Å². The highest BCUT2D eigenvalue weighted by Crippen LogP contribution is 2.38. The van der Waals surface area contributed by atoms with Crippen LogP contribution in [0.5, 0.6) is 0 Å². The van der Waals surface area contributed by atoms with Gasteiger partial charge in [0.1, 0.15) is 37.3 Å². The van der Waals surface area contributed by atoms with Gasteiger partial charge in [-0.1, -0.05) is 103 Å². The lowest BCUT2D eigenvalue weighted by atomic mass is 9.83. The van der Waals surface area contributed by atoms with E-state index in [2.05, 4.69) is 29.4 Å². The van der Waals surface area contributed by atoms with Gasteiger partial charge in [-0.3, -0.25) is 29.0 Å². The molecular weight excluding hydrogens is 1120 g/mol. The molecule has 0 unspecified atom stereocenters. The predicted molar refractivity (Wildman–Crippen MR) is 318 cm³/mol. The fourth-order valence-electron chi connectivity index (χ4n) is 10.8. The molecule has 0 spiro atoms. The molecule has 15 N–H and O–H groups in total. The van der Waals surface area contributed by atoms with Gasteiger partial charge >= 0.3 is 29.8 Å². The summed E-state index contributed by atoms with van der Waals surface area (Å²) in [7, 11) is 1.62. The number of hydrogen-bond acceptors (Lipinski definition) is 20. The molecule has 0 radical (unpaired) electrons. The third kappa shape index (κ3) is 28.5. The SMILES string of the molecule is CN=C(N)NCCC/C=C/CCC[C@H](C)C[C@H](C)[C@H]1OC(=O)[C@H](C)[C@H](O)/C=C/[C@H](C)[C@H](O)C[C@H](O)[C@H](C)[C@@H](O)CC[C@H](C)[C@H](O)C[C@]2(O)O[C@H](C[C@@H](O)C[C@H](OC(=O)CC(=O)O)C[C@@H](O)[C@H](C)[C@H](O)/C=C/C=C/[C@@H]1C)C[C@H](OC(=O)CC(=O)O)[C@H]2O. The van der Waals surface area contributed by atoms with Crippen molar-refractivity contribution in [3.05, 3.63) is 48.6 Å². The molecule has 0 aromatic carbocycles. The van der Waals surface area contributed by atoms with Crippen molar-refractivity contribution in [3.63, 3.8) is 0 Å². The Morgan fingerprint density at radius 2 is 1.33 bits per heavy atom. The van der Waals surface area contributed by atoms with E-state index in [1.807, 2.05) is 13.8 Å². The van der Waals surface area contributed by atoms with Crippen molar-refractivity contribution in [2.24, 2.45) is 58.1 Å². The Hall–Kier alpha value is -4.86. The molecule has 494 valence electrons. The lowest BCUT2D eigenvalue weighted by Crippen LogP contribution is -2.60. The first kappa shape index (κ1) is 77.2. The number of aliphatic hydroxyl groups is 10. The van der Waals surface area contributed by atoms with E-state index >= 15 is 0 Å². The average molecular weight is 1230 g/mol. The molecule has 22 atom stereocenters. The Balaban J connectivity index is 2.54. The second-order valence-corrected chi connectivity index (χ2v) is 24.4. The van der Waals surface area contributed by atoms with E-state index in [9.17, 15) is 85.3 Å². The molecule has 2 aliphatic rings. The minimum atomic E-state index is -2.70. The number of nitrogens with zero attached hydrogens (tertiary/aromatic N) is 1. The van der Waals surface area contributed by atoms with Crippen LogP contribution >= 0.6 is 0 Å². The van der Waals surface area contributed by atoms with Gasteiger partial charge in [0.15, 0.2) is 11.7 Å². The molecule has 0 aromatic heterocycles. The number of aliphatic hydroxyl groups excluding tert-OH is 9. The number of cyclic esters (lactones) is 1. The number of ether oxygens (including phenoxy) is 4. The van der Waals surface area contributed by atoms with Crippen molar-refractivity contribution in [1.82, 2.24) is 5.32 Å². The van der Waals surface area contributed by atoms with E-state index in [-0.39, 0.29) is 31.1 Å². The van der Waals surface area contributed by atoms with Gasteiger partial charge < -0.3 is 91.3 Å². The van der Waals surface area contributed by atoms with Gasteiger partial charge in [0.25, 0.3) is 0 Å². The van der Waals surface area contributed by atoms with E-state index < -0.39 is 195 Å². The maximum Gasteiger partial charge on any atom is 0.317 e. The zero-order valence-corrected chi connectivity index (χ0v) is 51.8. The molecule has 1 fully saturated rings. The maximum atomic E-state index is 13.9. The number of carbonyl (C=O) groups is 5. The van der Waals surface area contributed by atoms with E-state index in [0.29, 0.717) is 12.4 Å². The standard InChI is InChI=1S/C62H105N3O21/c1-35(18-14-12-10-11-13-17-25-65-61(63)64-9)26-39(5)58-38(4)19-15-16-20-46(67)40(6)50(71)29-44(83-56(78)32-54(74)75)27-43(66)28-45-30-53(84-57(79)33-55(76)77)59(80)62(82,86-45)34-52(73)37(3)22-23-47(68)41(7)51(72)31-49(70)36(2)21-24-48(69)42(8)60(81)85-58/h10-11,15-16,19-21,24,35-53,58-59,66-73,80,82H,12-14,17-18,22-23,25-34H2,1-9H3,(H,74,75)(H,76,77)(H3,63,64,65)/b11-10+,19-15+,20-16+,24-21+/t35-,36-,37-,38-,39-,40+,41+,42+,43-,44-,45+,46+,47-,48+,49+,50+,51-,52+,53-,58-,59+,62-/m0/s1. The molecule has 1 saturated heterocycles. The molecule has 2 heterocycles. The number of carboxylic acid groups (broad SMARTS) is 2. The highest BCUT2D eigenvalue weighted by atomic mass is 16.7. The number of carbonyl (C=O) groups excluding carboxylic acids is 3. The number of aliphatic imine (C=N–C) groups is 1. The van der Waals surface area contributed by atoms with Crippen molar-refractivity contribution in [2.75, 3.05) is 13.6 Å². The molecule has 2 rings (SSSR count). The summed E-state index contributed by atoms with van der Waals surface area (Å²) in [5, 5.41) is 135. The number of carboxylic acids is 2. The van der Waals surface area contributed by atoms with Crippen molar-refractivity contribution in [2.45, 2.75) is 243 Å². The van der Waals surface area contributed by atoms with Crippen LogP contribution in [0.1, 0.15) is 158 Å². The Bertz CT molecular complexity index is 2200.